The zero-order valence-electron chi connectivity index (χ0n) is 11.8. The lowest BCUT2D eigenvalue weighted by Crippen LogP contribution is -2.48. The lowest BCUT2D eigenvalue weighted by atomic mass is 10.0. The van der Waals surface area contributed by atoms with E-state index in [2.05, 4.69) is 10.6 Å². The Hall–Kier alpha value is -1.53. The summed E-state index contributed by atoms with van der Waals surface area (Å²) in [7, 11) is 0. The molecule has 0 saturated carbocycles. The van der Waals surface area contributed by atoms with Crippen LogP contribution >= 0.6 is 0 Å². The highest BCUT2D eigenvalue weighted by molar-refractivity contribution is 5.74. The van der Waals surface area contributed by atoms with Crippen LogP contribution in [-0.2, 0) is 4.74 Å². The fourth-order valence-electron chi connectivity index (χ4n) is 2.53. The van der Waals surface area contributed by atoms with Gasteiger partial charge in [-0.2, -0.15) is 0 Å². The van der Waals surface area contributed by atoms with Crippen molar-refractivity contribution < 1.29 is 19.1 Å². The molecule has 0 aliphatic carbocycles. The Morgan fingerprint density at radius 1 is 1.45 bits per heavy atom. The van der Waals surface area contributed by atoms with Gasteiger partial charge < -0.3 is 24.9 Å². The summed E-state index contributed by atoms with van der Waals surface area (Å²) in [4.78, 5) is 11.8. The monoisotopic (exact) mass is 282 g/mol. The SMILES string of the molecule is CC1CC(NC(=O)NCC(O)c2ccco2)CC(C)O1. The molecular weight excluding hydrogens is 260 g/mol. The first-order chi connectivity index (χ1) is 9.54. The second-order valence-corrected chi connectivity index (χ2v) is 5.31. The predicted octanol–water partition coefficient (Wildman–Crippen LogP) is 1.57. The molecule has 3 atom stereocenters. The van der Waals surface area contributed by atoms with Crippen LogP contribution in [0.4, 0.5) is 4.79 Å². The van der Waals surface area contributed by atoms with E-state index in [4.69, 9.17) is 9.15 Å². The molecule has 1 aromatic heterocycles. The molecule has 1 aliphatic rings. The molecule has 1 fully saturated rings. The minimum absolute atomic E-state index is 0.106. The van der Waals surface area contributed by atoms with E-state index in [1.54, 1.807) is 12.1 Å². The number of carbonyl (C=O) groups excluding carboxylic acids is 1. The summed E-state index contributed by atoms with van der Waals surface area (Å²) >= 11 is 0. The zero-order valence-corrected chi connectivity index (χ0v) is 11.8. The molecule has 3 N–H and O–H groups in total. The second-order valence-electron chi connectivity index (χ2n) is 5.31. The van der Waals surface area contributed by atoms with Gasteiger partial charge in [-0.05, 0) is 38.8 Å². The van der Waals surface area contributed by atoms with Gasteiger partial charge in [-0.1, -0.05) is 0 Å². The highest BCUT2D eigenvalue weighted by Gasteiger charge is 2.25. The summed E-state index contributed by atoms with van der Waals surface area (Å²) < 4.78 is 10.7. The maximum absolute atomic E-state index is 11.8. The van der Waals surface area contributed by atoms with Crippen molar-refractivity contribution in [1.29, 1.82) is 0 Å². The Morgan fingerprint density at radius 2 is 2.15 bits per heavy atom. The van der Waals surface area contributed by atoms with E-state index in [0.717, 1.165) is 12.8 Å². The van der Waals surface area contributed by atoms with Gasteiger partial charge in [-0.15, -0.1) is 0 Å². The van der Waals surface area contributed by atoms with Gasteiger partial charge in [0.15, 0.2) is 0 Å². The van der Waals surface area contributed by atoms with Crippen molar-refractivity contribution in [2.45, 2.75) is 51.0 Å². The lowest BCUT2D eigenvalue weighted by Gasteiger charge is -2.32. The van der Waals surface area contributed by atoms with Crippen molar-refractivity contribution in [3.05, 3.63) is 24.2 Å². The number of aliphatic hydroxyl groups excluding tert-OH is 1. The van der Waals surface area contributed by atoms with Crippen molar-refractivity contribution in [2.75, 3.05) is 6.54 Å². The number of furan rings is 1. The fourth-order valence-corrected chi connectivity index (χ4v) is 2.53. The molecule has 6 nitrogen and oxygen atoms in total. The Bertz CT molecular complexity index is 411. The molecule has 0 spiro atoms. The third-order valence-electron chi connectivity index (χ3n) is 3.36. The van der Waals surface area contributed by atoms with Gasteiger partial charge >= 0.3 is 6.03 Å². The van der Waals surface area contributed by atoms with Gasteiger partial charge in [0.05, 0.1) is 25.0 Å². The number of hydrogen-bond acceptors (Lipinski definition) is 4. The van der Waals surface area contributed by atoms with E-state index >= 15 is 0 Å². The molecule has 0 radical (unpaired) electrons. The third-order valence-corrected chi connectivity index (χ3v) is 3.36. The molecule has 6 heteroatoms. The molecule has 3 unspecified atom stereocenters. The van der Waals surface area contributed by atoms with E-state index in [0.29, 0.717) is 5.76 Å². The van der Waals surface area contributed by atoms with Crippen molar-refractivity contribution in [1.82, 2.24) is 10.6 Å². The molecule has 112 valence electrons. The quantitative estimate of drug-likeness (QED) is 0.782. The number of hydrogen-bond donors (Lipinski definition) is 3. The standard InChI is InChI=1S/C14H22N2O4/c1-9-6-11(7-10(2)20-9)16-14(18)15-8-12(17)13-4-3-5-19-13/h3-5,9-12,17H,6-8H2,1-2H3,(H2,15,16,18). The maximum Gasteiger partial charge on any atom is 0.315 e. The summed E-state index contributed by atoms with van der Waals surface area (Å²) in [5, 5.41) is 15.3. The van der Waals surface area contributed by atoms with E-state index < -0.39 is 6.10 Å². The minimum Gasteiger partial charge on any atom is -0.467 e. The number of aliphatic hydroxyl groups is 1. The summed E-state index contributed by atoms with van der Waals surface area (Å²) in [5.74, 6) is 0.443. The van der Waals surface area contributed by atoms with Crippen LogP contribution in [-0.4, -0.2) is 35.9 Å². The van der Waals surface area contributed by atoms with Crippen LogP contribution in [0.15, 0.2) is 22.8 Å². The van der Waals surface area contributed by atoms with E-state index in [-0.39, 0.29) is 30.8 Å². The molecule has 2 amide bonds. The van der Waals surface area contributed by atoms with Crippen LogP contribution < -0.4 is 10.6 Å². The van der Waals surface area contributed by atoms with Gasteiger partial charge in [-0.3, -0.25) is 0 Å². The maximum atomic E-state index is 11.8. The topological polar surface area (TPSA) is 83.7 Å². The number of rotatable bonds is 4. The summed E-state index contributed by atoms with van der Waals surface area (Å²) in [6, 6.07) is 3.20. The highest BCUT2D eigenvalue weighted by atomic mass is 16.5. The first-order valence-corrected chi connectivity index (χ1v) is 6.96. The van der Waals surface area contributed by atoms with Gasteiger partial charge in [0.25, 0.3) is 0 Å². The number of ether oxygens (including phenoxy) is 1. The van der Waals surface area contributed by atoms with Crippen molar-refractivity contribution in [3.8, 4) is 0 Å². The van der Waals surface area contributed by atoms with Crippen LogP contribution in [0, 0.1) is 0 Å². The normalized spacial score (nSPS) is 27.9. The molecule has 0 bridgehead atoms. The molecule has 1 aliphatic heterocycles. The predicted molar refractivity (Wildman–Crippen MR) is 73.2 cm³/mol. The summed E-state index contributed by atoms with van der Waals surface area (Å²) in [6.45, 7) is 4.12. The van der Waals surface area contributed by atoms with Crippen molar-refractivity contribution in [2.24, 2.45) is 0 Å². The molecule has 1 saturated heterocycles. The molecular formula is C14H22N2O4. The second kappa shape index (κ2) is 6.76. The largest absolute Gasteiger partial charge is 0.467 e. The first kappa shape index (κ1) is 14.9. The third kappa shape index (κ3) is 4.25. The summed E-state index contributed by atoms with van der Waals surface area (Å²) in [6.07, 6.45) is 2.57. The van der Waals surface area contributed by atoms with Gasteiger partial charge in [0, 0.05) is 6.04 Å². The summed E-state index contributed by atoms with van der Waals surface area (Å²) in [5.41, 5.74) is 0. The van der Waals surface area contributed by atoms with Crippen LogP contribution in [0.2, 0.25) is 0 Å². The molecule has 1 aromatic rings. The zero-order chi connectivity index (χ0) is 14.5. The number of urea groups is 1. The molecule has 0 aromatic carbocycles. The number of amides is 2. The van der Waals surface area contributed by atoms with Crippen LogP contribution in [0.5, 0.6) is 0 Å². The Balaban J connectivity index is 1.72. The Labute approximate surface area is 118 Å². The van der Waals surface area contributed by atoms with Gasteiger partial charge in [0.1, 0.15) is 11.9 Å². The lowest BCUT2D eigenvalue weighted by molar-refractivity contribution is -0.0402. The number of nitrogens with one attached hydrogen (secondary N) is 2. The minimum atomic E-state index is -0.830. The van der Waals surface area contributed by atoms with Crippen LogP contribution in [0.1, 0.15) is 38.6 Å². The van der Waals surface area contributed by atoms with Crippen molar-refractivity contribution >= 4 is 6.03 Å². The first-order valence-electron chi connectivity index (χ1n) is 6.96. The Morgan fingerprint density at radius 3 is 2.75 bits per heavy atom. The highest BCUT2D eigenvalue weighted by Crippen LogP contribution is 2.18. The van der Waals surface area contributed by atoms with Crippen LogP contribution in [0.25, 0.3) is 0 Å². The van der Waals surface area contributed by atoms with Gasteiger partial charge in [-0.25, -0.2) is 4.79 Å². The van der Waals surface area contributed by atoms with E-state index in [1.165, 1.54) is 6.26 Å². The molecule has 2 heterocycles. The molecule has 20 heavy (non-hydrogen) atoms. The Kier molecular flexibility index (Phi) is 5.03. The smallest absolute Gasteiger partial charge is 0.315 e. The number of carbonyl (C=O) groups is 1. The van der Waals surface area contributed by atoms with Crippen LogP contribution in [0.3, 0.4) is 0 Å². The molecule has 2 rings (SSSR count). The average molecular weight is 282 g/mol. The average Bonchev–Trinajstić information content (AvgIpc) is 2.88. The van der Waals surface area contributed by atoms with E-state index in [9.17, 15) is 9.90 Å². The van der Waals surface area contributed by atoms with Crippen molar-refractivity contribution in [3.63, 3.8) is 0 Å². The van der Waals surface area contributed by atoms with Gasteiger partial charge in [0.2, 0.25) is 0 Å². The fraction of sp³-hybridized carbons (Fsp3) is 0.643. The van der Waals surface area contributed by atoms with E-state index in [1.807, 2.05) is 13.8 Å².